The number of nitro benzene ring substituents is 4. The van der Waals surface area contributed by atoms with Gasteiger partial charge < -0.3 is 56.0 Å². The number of nitrogen functional groups attached to an aromatic ring is 2. The first-order valence-corrected chi connectivity index (χ1v) is 48.3. The van der Waals surface area contributed by atoms with Crippen molar-refractivity contribution in [2.45, 2.75) is 109 Å². The number of alkyl halides is 2. The number of Topliss-reactive ketones (excluding diaryl/α,β-unsaturated/α-hetero) is 6. The van der Waals surface area contributed by atoms with E-state index in [9.17, 15) is 148 Å². The van der Waals surface area contributed by atoms with E-state index < -0.39 is 115 Å². The van der Waals surface area contributed by atoms with E-state index in [0.29, 0.717) is 72.2 Å². The smallest absolute Gasteiger partial charge is 0.470 e. The summed E-state index contributed by atoms with van der Waals surface area (Å²) in [5.41, 5.74) is 13.1. The van der Waals surface area contributed by atoms with Gasteiger partial charge in [-0.15, -0.1) is 0 Å². The van der Waals surface area contributed by atoms with Crippen LogP contribution in [0.1, 0.15) is 185 Å². The summed E-state index contributed by atoms with van der Waals surface area (Å²) in [5.74, 6) is -11.2. The van der Waals surface area contributed by atoms with E-state index in [1.54, 1.807) is 75.4 Å². The summed E-state index contributed by atoms with van der Waals surface area (Å²) in [6, 6.07) is 29.0. The number of carboxylic acids is 1. The minimum Gasteiger partial charge on any atom is -0.477 e. The first-order chi connectivity index (χ1) is 69.1. The highest BCUT2D eigenvalue weighted by Crippen LogP contribution is 2.33. The Bertz CT molecular complexity index is 6120. The van der Waals surface area contributed by atoms with Crippen molar-refractivity contribution in [2.75, 3.05) is 62.2 Å². The number of aromatic carboxylic acids is 1. The van der Waals surface area contributed by atoms with E-state index in [4.69, 9.17) is 126 Å². The van der Waals surface area contributed by atoms with Crippen LogP contribution in [0.15, 0.2) is 127 Å². The topological polar surface area (TPSA) is 677 Å². The van der Waals surface area contributed by atoms with Crippen LogP contribution in [-0.2, 0) is 81.9 Å². The second kappa shape index (κ2) is 74.9. The first kappa shape index (κ1) is 146. The third-order valence-corrected chi connectivity index (χ3v) is 21.5. The number of carbonyl (C=O) groups excluding carboxylic acids is 17. The molecule has 0 saturated heterocycles. The van der Waals surface area contributed by atoms with Crippen LogP contribution >= 0.6 is 184 Å². The number of benzene rings is 8. The zero-order valence-electron chi connectivity index (χ0n) is 80.1. The molecule has 61 heteroatoms. The molecule has 0 aromatic heterocycles. The number of carbonyl (C=O) groups is 18. The number of halogens is 17. The maximum atomic E-state index is 12.5. The van der Waals surface area contributed by atoms with Gasteiger partial charge in [0.15, 0.2) is 34.7 Å². The van der Waals surface area contributed by atoms with Gasteiger partial charge in [-0.3, -0.25) is 117 Å². The Hall–Kier alpha value is -11.9. The summed E-state index contributed by atoms with van der Waals surface area (Å²) in [6.45, 7) is 21.7. The molecule has 0 aliphatic heterocycles. The number of hydrogen-bond acceptors (Lipinski definition) is 36. The van der Waals surface area contributed by atoms with E-state index in [1.807, 2.05) is 29.5 Å². The molecule has 0 bridgehead atoms. The van der Waals surface area contributed by atoms with Crippen molar-refractivity contribution in [1.82, 2.24) is 0 Å². The number of esters is 5. The number of ketones is 6. The SMILES string of the molecule is CC(=O)Cl.CC(=O)Nc1cc(Cl)c(C)cc1C(C)=O.CC(=O)Nc1cc(Cl)c(I)cc1C(C)=O.CC(=O)c1cc(I)c(Cl)cc1N.CC(=O)c1ccc(Cl)cc1N.CC(=O)c1ccc(Cl)cc1[N+](=O)[O-].CCO.CCOC(=O)C(C(=O)OCC)C(=O)c1ccc(Cl)cc1[N+](=O)[O-].CCOC(=O)CC(=O)OCC.COC(=O)C(F)(F)S(=O)(=O)F.O=C(Cl)C(=O)Cl.O=C(Cl)c1ccc(Cl)cc1[N+](=O)[O-].O=C(O)c1ccc(Cl)cc1[N+](=O)[O-]. The van der Waals surface area contributed by atoms with E-state index in [-0.39, 0.29) is 134 Å². The number of carboxylic acid groups (broad SMARTS) is 1. The lowest BCUT2D eigenvalue weighted by Gasteiger charge is -2.13. The molecule has 0 atom stereocenters. The van der Waals surface area contributed by atoms with Crippen LogP contribution in [0.2, 0.25) is 40.2 Å². The van der Waals surface area contributed by atoms with Crippen LogP contribution in [0, 0.1) is 60.4 Å². The van der Waals surface area contributed by atoms with Crippen molar-refractivity contribution < 1.29 is 161 Å². The van der Waals surface area contributed by atoms with Crippen molar-refractivity contribution in [3.8, 4) is 0 Å². The Morgan fingerprint density at radius 1 is 0.427 bits per heavy atom. The summed E-state index contributed by atoms with van der Waals surface area (Å²) in [7, 11) is -5.71. The largest absolute Gasteiger partial charge is 0.477 e. The summed E-state index contributed by atoms with van der Waals surface area (Å²) < 4.78 is 77.7. The Morgan fingerprint density at radius 2 is 0.707 bits per heavy atom. The van der Waals surface area contributed by atoms with E-state index in [1.165, 1.54) is 106 Å². The quantitative estimate of drug-likeness (QED) is 0.00280. The monoisotopic (exact) mass is 2590 g/mol. The number of amides is 2. The third-order valence-electron chi connectivity index (χ3n) is 15.4. The molecular weight excluding hydrogens is 2510 g/mol. The number of aryl methyl sites for hydroxylation is 1. The minimum absolute atomic E-state index is 0.0390. The average Bonchev–Trinajstić information content (AvgIpc) is 0.795. The predicted molar refractivity (Wildman–Crippen MR) is 570 cm³/mol. The molecule has 818 valence electrons. The summed E-state index contributed by atoms with van der Waals surface area (Å²) in [6.07, 6.45) is -0.290. The standard InChI is InChI=1S/C14H14ClNO7.C11H12ClNO2.C10H9ClINO2.C8H7ClINO.C8H6ClNO3.C8H8ClNO.C7H3Cl2NO3.C7H4ClNO4.C7H12O4.C3H3F3O4S.C2Cl2O2.C2H3ClO.C2H6O/c1-3-22-13(18)11(14(19)23-4-2)12(17)9-6-5-8(15)7-10(9)16(20)21;1-6-4-9(7(2)14)11(5-10(6)12)13-8(3)15;1-5(14)7-3-9(12)8(11)4-10(7)13-6(2)15;1-4(12)5-2-7(10)6(9)3-8(5)11;1-5(11)7-3-2-6(9)4-8(7)10(12)13;1-5(11)7-3-2-6(9)4-8(7)10;8-4-1-2-5(7(9)11)6(3-4)10(12)13;8-4-1-2-5(7(10)11)6(3-4)9(12)13;1-3-10-6(8)5-7(9)11-4-2;1-10-2(7)3(4,5)11(6,8)9;3-1(5)2(4)6;1-2(3)4;1-2-3/h5-7,11H,3-4H2,1-2H3;4-5H,1-3H3,(H,13,15);3-4H,1-2H3,(H,13,15);2-3H,11H2,1H3;2-4H,1H3;2-4H,10H2,1H3;1-3H;1-3H,(H,10,11);3-5H2,1-2H3;1H3;;1H3;3H,2H2,1H3. The second-order valence-electron chi connectivity index (χ2n) is 26.8. The molecular formula is C89H87Cl12F3I2N8O35S. The fourth-order valence-electron chi connectivity index (χ4n) is 9.27. The van der Waals surface area contributed by atoms with Crippen molar-refractivity contribution in [1.29, 1.82) is 0 Å². The number of nitrogens with two attached hydrogens (primary N) is 2. The molecule has 0 aliphatic carbocycles. The Kier molecular flexibility index (Phi) is 73.1. The molecule has 0 aliphatic rings. The lowest BCUT2D eigenvalue weighted by molar-refractivity contribution is -0.385. The molecule has 43 nitrogen and oxygen atoms in total. The maximum Gasteiger partial charge on any atom is 0.470 e. The molecule has 8 aromatic carbocycles. The fourth-order valence-corrected chi connectivity index (χ4v) is 12.0. The number of aliphatic hydroxyl groups excluding tert-OH is 1. The number of aliphatic hydroxyl groups is 1. The van der Waals surface area contributed by atoms with Crippen molar-refractivity contribution in [3.05, 3.63) is 265 Å². The molecule has 150 heavy (non-hydrogen) atoms. The molecule has 0 unspecified atom stereocenters. The molecule has 0 heterocycles. The van der Waals surface area contributed by atoms with Gasteiger partial charge in [-0.1, -0.05) is 96.7 Å². The van der Waals surface area contributed by atoms with Gasteiger partial charge in [0.2, 0.25) is 23.0 Å². The van der Waals surface area contributed by atoms with Gasteiger partial charge in [-0.2, -0.15) is 17.2 Å². The second-order valence-corrected chi connectivity index (χ2v) is 35.5. The van der Waals surface area contributed by atoms with Gasteiger partial charge in [0.05, 0.1) is 85.8 Å². The van der Waals surface area contributed by atoms with Crippen molar-refractivity contribution in [3.63, 3.8) is 0 Å². The predicted octanol–water partition coefficient (Wildman–Crippen LogP) is 21.8. The Labute approximate surface area is 938 Å². The normalized spacial score (nSPS) is 9.75. The average molecular weight is 2600 g/mol. The first-order valence-electron chi connectivity index (χ1n) is 40.2. The Balaban J connectivity index is -0.000000516. The zero-order chi connectivity index (χ0) is 118. The van der Waals surface area contributed by atoms with E-state index in [2.05, 4.69) is 91.7 Å². The van der Waals surface area contributed by atoms with Gasteiger partial charge in [0.1, 0.15) is 17.5 Å². The molecule has 8 N–H and O–H groups in total. The number of anilines is 4. The van der Waals surface area contributed by atoms with E-state index in [0.717, 1.165) is 49.1 Å². The van der Waals surface area contributed by atoms with Gasteiger partial charge in [0.25, 0.3) is 28.0 Å². The summed E-state index contributed by atoms with van der Waals surface area (Å²) >= 11 is 68.3. The number of rotatable bonds is 26. The zero-order valence-corrected chi connectivity index (χ0v) is 94.3. The molecule has 0 spiro atoms. The molecule has 8 rings (SSSR count). The maximum absolute atomic E-state index is 12.5. The van der Waals surface area contributed by atoms with E-state index >= 15 is 0 Å². The lowest BCUT2D eigenvalue weighted by atomic mass is 9.96. The number of hydrogen-bond donors (Lipinski definition) is 6. The lowest BCUT2D eigenvalue weighted by Crippen LogP contribution is -2.36. The molecule has 2 amide bonds. The van der Waals surface area contributed by atoms with Gasteiger partial charge in [-0.05, 0) is 276 Å². The van der Waals surface area contributed by atoms with Crippen LogP contribution in [0.5, 0.6) is 0 Å². The number of ether oxygens (including phenoxy) is 5. The van der Waals surface area contributed by atoms with Gasteiger partial charge >= 0.3 is 61.8 Å². The third kappa shape index (κ3) is 58.5. The number of methoxy groups -OCH3 is 1. The van der Waals surface area contributed by atoms with Crippen LogP contribution in [-0.4, -0.2) is 187 Å². The van der Waals surface area contributed by atoms with Crippen LogP contribution in [0.4, 0.5) is 58.2 Å². The number of nitrogens with one attached hydrogen (secondary N) is 2. The molecule has 8 aromatic rings. The molecule has 0 fully saturated rings. The summed E-state index contributed by atoms with van der Waals surface area (Å²) in [5, 5.41) is 57.7. The van der Waals surface area contributed by atoms with Crippen molar-refractivity contribution >= 4 is 343 Å². The highest BCUT2D eigenvalue weighted by molar-refractivity contribution is 14.1. The molecule has 0 radical (unpaired) electrons. The van der Waals surface area contributed by atoms with Crippen molar-refractivity contribution in [2.24, 2.45) is 5.92 Å². The van der Waals surface area contributed by atoms with Gasteiger partial charge in [0, 0.05) is 123 Å². The van der Waals surface area contributed by atoms with Gasteiger partial charge in [-0.25, -0.2) is 9.59 Å². The highest BCUT2D eigenvalue weighted by Gasteiger charge is 2.55. The van der Waals surface area contributed by atoms with Crippen LogP contribution < -0.4 is 22.1 Å². The minimum atomic E-state index is -6.22. The summed E-state index contributed by atoms with van der Waals surface area (Å²) in [4.78, 5) is 233. The molecule has 0 saturated carbocycles. The number of nitro groups is 4. The highest BCUT2D eigenvalue weighted by atomic mass is 127. The number of nitrogens with zero attached hydrogens (tertiary/aromatic N) is 4. The van der Waals surface area contributed by atoms with Crippen LogP contribution in [0.3, 0.4) is 0 Å². The fraction of sp³-hybridized carbons (Fsp3) is 0.258. The Morgan fingerprint density at radius 3 is 1.00 bits per heavy atom. The van der Waals surface area contributed by atoms with Crippen LogP contribution in [0.25, 0.3) is 0 Å².